The molecule has 0 aromatic heterocycles. The molecular formula is C78H170Cl2N9O17Si4+. The zero-order valence-corrected chi connectivity index (χ0v) is 80.8. The maximum atomic E-state index is 11.6. The van der Waals surface area contributed by atoms with Crippen molar-refractivity contribution >= 4 is 81.5 Å². The van der Waals surface area contributed by atoms with Crippen LogP contribution in [0, 0.1) is 17.8 Å². The Kier molecular flexibility index (Phi) is 86.9. The third-order valence-corrected chi connectivity index (χ3v) is 30.0. The van der Waals surface area contributed by atoms with Gasteiger partial charge in [0.25, 0.3) is 0 Å². The molecule has 5 amide bonds. The normalized spacial score (nSPS) is 11.3. The molecule has 0 saturated heterocycles. The number of nitrogens with one attached hydrogen (secondary N) is 5. The topological polar surface area (TPSA) is 297 Å². The Morgan fingerprint density at radius 1 is 0.482 bits per heavy atom. The average molecular weight is 1690 g/mol. The van der Waals surface area contributed by atoms with Gasteiger partial charge in [-0.2, -0.15) is 0 Å². The summed E-state index contributed by atoms with van der Waals surface area (Å²) in [5.74, 6) is 1.03. The summed E-state index contributed by atoms with van der Waals surface area (Å²) in [7, 11) is 15.6. The third kappa shape index (κ3) is 81.0. The van der Waals surface area contributed by atoms with E-state index in [-0.39, 0.29) is 86.1 Å². The minimum atomic E-state index is -3.01. The number of ether oxygens (including phenoxy) is 2. The molecule has 26 nitrogen and oxygen atoms in total. The molecule has 0 aromatic rings. The molecule has 0 heterocycles. The van der Waals surface area contributed by atoms with Gasteiger partial charge in [0.15, 0.2) is 16.6 Å². The van der Waals surface area contributed by atoms with E-state index >= 15 is 0 Å². The number of quaternary nitrogens is 2. The van der Waals surface area contributed by atoms with Crippen molar-refractivity contribution in [3.8, 4) is 0 Å². The van der Waals surface area contributed by atoms with Crippen molar-refractivity contribution in [2.75, 3.05) is 177 Å². The Bertz CT molecular complexity index is 2280. The zero-order chi connectivity index (χ0) is 85.0. The average Bonchev–Trinajstić information content (AvgIpc) is 0.863. The lowest BCUT2D eigenvalue weighted by molar-refractivity contribution is -0.870. The predicted molar refractivity (Wildman–Crippen MR) is 454 cm³/mol. The Balaban J connectivity index is -0.000000134. The molecule has 0 aliphatic heterocycles. The van der Waals surface area contributed by atoms with Gasteiger partial charge in [-0.1, -0.05) is 89.3 Å². The number of amides is 5. The Labute approximate surface area is 690 Å². The van der Waals surface area contributed by atoms with Crippen LogP contribution in [-0.4, -0.2) is 282 Å². The van der Waals surface area contributed by atoms with E-state index in [0.29, 0.717) is 62.7 Å². The summed E-state index contributed by atoms with van der Waals surface area (Å²) >= 11 is 0. The SMILES string of the molecule is C=C(C)C(=O)OCCC[Si](O)(OC)OC.C=CC(=O)NCC[N+](C)(C)C.CCC(=O)CCCC[Si](OC)(OC)OC.CCC(=O)NCCC[Si](C)(C)O[Si](C)(C)CCOC(=O)CC.CCC(CC)C(=O)NCCCN(C)CC.CCC(CC)C(=O)NCCCN(C)CC.CCC(CC)C(=O)NCCC[N+](C)(C)C.[Cl-].[Cl-].[H+]. The number of unbranched alkanes of at least 4 members (excludes halogenated alkanes) is 1. The molecule has 0 aromatic carbocycles. The second-order valence-electron chi connectivity index (χ2n) is 30.1. The molecule has 0 rings (SSSR count). The molecule has 0 saturated carbocycles. The van der Waals surface area contributed by atoms with Crippen LogP contribution in [0.3, 0.4) is 0 Å². The molecule has 658 valence electrons. The maximum absolute atomic E-state index is 11.6. The van der Waals surface area contributed by atoms with Crippen LogP contribution in [0.1, 0.15) is 194 Å². The number of hydrogen-bond donors (Lipinski definition) is 6. The van der Waals surface area contributed by atoms with Crippen LogP contribution >= 0.6 is 0 Å². The van der Waals surface area contributed by atoms with Crippen molar-refractivity contribution in [1.82, 2.24) is 36.4 Å². The number of nitrogens with zero attached hydrogens (tertiary/aromatic N) is 4. The van der Waals surface area contributed by atoms with Gasteiger partial charge in [-0.25, -0.2) is 4.79 Å². The van der Waals surface area contributed by atoms with E-state index in [1.54, 1.807) is 35.2 Å². The summed E-state index contributed by atoms with van der Waals surface area (Å²) in [6.45, 7) is 50.3. The highest BCUT2D eigenvalue weighted by atomic mass is 35.5. The molecule has 0 fully saturated rings. The van der Waals surface area contributed by atoms with Crippen molar-refractivity contribution < 1.29 is 114 Å². The van der Waals surface area contributed by atoms with Crippen molar-refractivity contribution in [1.29, 1.82) is 0 Å². The van der Waals surface area contributed by atoms with Gasteiger partial charge in [0, 0.05) is 129 Å². The Morgan fingerprint density at radius 2 is 0.891 bits per heavy atom. The lowest BCUT2D eigenvalue weighted by atomic mass is 10.0. The number of rotatable bonds is 54. The summed E-state index contributed by atoms with van der Waals surface area (Å²) in [6, 6.07) is 3.00. The van der Waals surface area contributed by atoms with E-state index in [9.17, 15) is 43.2 Å². The second-order valence-corrected chi connectivity index (χ2v) is 44.8. The summed E-state index contributed by atoms with van der Waals surface area (Å²) in [4.78, 5) is 104. The molecule has 0 spiro atoms. The first-order valence-electron chi connectivity index (χ1n) is 40.0. The fourth-order valence-corrected chi connectivity index (χ4v) is 21.1. The van der Waals surface area contributed by atoms with E-state index < -0.39 is 40.2 Å². The van der Waals surface area contributed by atoms with E-state index in [1.807, 2.05) is 13.8 Å². The van der Waals surface area contributed by atoms with Crippen LogP contribution < -0.4 is 51.4 Å². The number of carbonyl (C=O) groups is 8. The van der Waals surface area contributed by atoms with Crippen LogP contribution in [0.15, 0.2) is 24.8 Å². The lowest BCUT2D eigenvalue weighted by Gasteiger charge is -2.34. The van der Waals surface area contributed by atoms with Crippen LogP contribution in [-0.2, 0) is 74.1 Å². The minimum absolute atomic E-state index is 0. The van der Waals surface area contributed by atoms with E-state index in [4.69, 9.17) is 35.7 Å². The molecule has 110 heavy (non-hydrogen) atoms. The van der Waals surface area contributed by atoms with Crippen LogP contribution in [0.5, 0.6) is 0 Å². The summed E-state index contributed by atoms with van der Waals surface area (Å²) in [5, 5.41) is 14.6. The van der Waals surface area contributed by atoms with Gasteiger partial charge in [-0.15, -0.1) is 0 Å². The molecular weight excluding hydrogens is 1520 g/mol. The number of esters is 2. The molecule has 0 atom stereocenters. The lowest BCUT2D eigenvalue weighted by Crippen LogP contribution is -3.00. The van der Waals surface area contributed by atoms with Crippen molar-refractivity contribution in [2.45, 2.75) is 243 Å². The minimum Gasteiger partial charge on any atom is -1.00 e. The smallest absolute Gasteiger partial charge is 1.00 e. The van der Waals surface area contributed by atoms with Gasteiger partial charge in [-0.3, -0.25) is 33.6 Å². The molecule has 32 heteroatoms. The molecule has 0 radical (unpaired) electrons. The highest BCUT2D eigenvalue weighted by Gasteiger charge is 2.37. The highest BCUT2D eigenvalue weighted by molar-refractivity contribution is 6.84. The van der Waals surface area contributed by atoms with Crippen molar-refractivity contribution in [2.24, 2.45) is 17.8 Å². The number of likely N-dealkylation sites (N-methyl/N-ethyl adjacent to an activating group) is 1. The number of halogens is 2. The predicted octanol–water partition coefficient (Wildman–Crippen LogP) is 5.53. The van der Waals surface area contributed by atoms with Gasteiger partial charge < -0.3 is 111 Å². The van der Waals surface area contributed by atoms with E-state index in [1.165, 1.54) is 20.3 Å². The first kappa shape index (κ1) is 125. The first-order valence-corrected chi connectivity index (χ1v) is 50.2. The van der Waals surface area contributed by atoms with Gasteiger partial charge in [-0.05, 0) is 169 Å². The molecule has 0 aliphatic rings. The molecule has 0 aliphatic carbocycles. The van der Waals surface area contributed by atoms with Crippen LogP contribution in [0.4, 0.5) is 0 Å². The van der Waals surface area contributed by atoms with Crippen molar-refractivity contribution in [3.63, 3.8) is 0 Å². The summed E-state index contributed by atoms with van der Waals surface area (Å²) < 4.78 is 43.8. The Hall–Kier alpha value is -3.55. The Morgan fingerprint density at radius 3 is 1.24 bits per heavy atom. The number of hydrogen-bond acceptors (Lipinski definition) is 19. The van der Waals surface area contributed by atoms with Gasteiger partial charge in [0.2, 0.25) is 29.5 Å². The number of ketones is 1. The van der Waals surface area contributed by atoms with Gasteiger partial charge in [0.05, 0.1) is 75.1 Å². The highest BCUT2D eigenvalue weighted by Crippen LogP contribution is 2.23. The second kappa shape index (κ2) is 76.7. The van der Waals surface area contributed by atoms with Crippen LogP contribution in [0.2, 0.25) is 50.4 Å². The fraction of sp³-hybridized carbons (Fsp3) is 0.846. The maximum Gasteiger partial charge on any atom is 1.00 e. The fourth-order valence-electron chi connectivity index (χ4n) is 9.70. The standard InChI is InChI=1S/C15H33NO4Si2.3C12H26N2O.C10H22O4Si.C9H18O5Si.C8H16N2O.2ClH/c1-7-14(17)16-10-9-12-21(3,4)20-22(5,6)13-11-19-15(18)8-2;1-6-11(7-2)12(15)13-9-8-10-14(3,4)5;2*1-5-11(6-2)12(15)13-9-8-10-14(4)7-3;1-5-10(11)8-6-7-9-15(12-2,13-3)14-4;1-8(2)9(10)14-6-5-7-15(11,12-3)13-4;1-5-8(11)9-6-7-10(2,3)4;;/h7-13H2,1-6H3,(H,16,17);11H,6-10H2,1-5H3;2*11H,5-10H2,1-4H3,(H,13,15);5-9H2,1-4H3;11H,1,5-7H2,2-4H3;5H,1,6-7H2,2-4H3;2*1H/p+1. The third-order valence-electron chi connectivity index (χ3n) is 17.5. The van der Waals surface area contributed by atoms with Gasteiger partial charge >= 0.3 is 31.0 Å². The first-order chi connectivity index (χ1) is 50.4. The quantitative estimate of drug-likeness (QED) is 0.0143. The molecule has 6 N–H and O–H groups in total. The largest absolute Gasteiger partial charge is 1.00 e. The summed E-state index contributed by atoms with van der Waals surface area (Å²) in [6.07, 6.45) is 15.6. The molecule has 0 bridgehead atoms. The zero-order valence-electron chi connectivity index (χ0n) is 76.3. The van der Waals surface area contributed by atoms with Crippen LogP contribution in [0.25, 0.3) is 0 Å². The van der Waals surface area contributed by atoms with Crippen molar-refractivity contribution in [3.05, 3.63) is 24.8 Å². The monoisotopic (exact) mass is 1690 g/mol. The van der Waals surface area contributed by atoms with E-state index in [0.717, 1.165) is 170 Å². The van der Waals surface area contributed by atoms with E-state index in [2.05, 4.69) is 188 Å². The number of Topliss-reactive ketones (excluding diaryl/α,β-unsaturated/α-hetero) is 1. The molecule has 0 unspecified atom stereocenters. The van der Waals surface area contributed by atoms with Gasteiger partial charge in [0.1, 0.15) is 5.78 Å². The number of carbonyl (C=O) groups excluding carboxylic acids is 8. The summed E-state index contributed by atoms with van der Waals surface area (Å²) in [5.41, 5.74) is 0.362.